The van der Waals surface area contributed by atoms with Crippen LogP contribution in [0, 0.1) is 5.41 Å². The molecule has 0 amide bonds. The minimum atomic E-state index is 0.0678. The fourth-order valence-electron chi connectivity index (χ4n) is 3.78. The van der Waals surface area contributed by atoms with Gasteiger partial charge in [0.25, 0.3) is 0 Å². The second-order valence-electron chi connectivity index (χ2n) is 6.87. The van der Waals surface area contributed by atoms with E-state index in [4.69, 9.17) is 10.1 Å². The highest BCUT2D eigenvalue weighted by Crippen LogP contribution is 2.37. The molecule has 3 aromatic carbocycles. The van der Waals surface area contributed by atoms with E-state index in [1.807, 2.05) is 42.5 Å². The quantitative estimate of drug-likeness (QED) is 0.422. The average Bonchev–Trinajstić information content (AvgIpc) is 3.27. The lowest BCUT2D eigenvalue weighted by Gasteiger charge is -2.21. The molecule has 0 bridgehead atoms. The van der Waals surface area contributed by atoms with E-state index in [2.05, 4.69) is 9.97 Å². The van der Waals surface area contributed by atoms with E-state index < -0.39 is 0 Å². The van der Waals surface area contributed by atoms with E-state index >= 15 is 0 Å². The number of aromatic hydroxyl groups is 1. The van der Waals surface area contributed by atoms with Gasteiger partial charge in [-0.15, -0.1) is 0 Å². The summed E-state index contributed by atoms with van der Waals surface area (Å²) in [5.41, 5.74) is 2.59. The molecule has 0 aliphatic carbocycles. The van der Waals surface area contributed by atoms with Crippen molar-refractivity contribution < 1.29 is 14.9 Å². The molecule has 0 atom stereocenters. The molecule has 4 aromatic rings. The second-order valence-corrected chi connectivity index (χ2v) is 6.87. The largest absolute Gasteiger partial charge is 0.509 e. The molecule has 0 spiro atoms. The number of ether oxygens (including phenoxy) is 1. The van der Waals surface area contributed by atoms with Gasteiger partial charge in [-0.2, -0.15) is 0 Å². The Morgan fingerprint density at radius 2 is 1.86 bits per heavy atom. The number of methoxy groups -OCH3 is 1. The molecular weight excluding hydrogens is 368 g/mol. The van der Waals surface area contributed by atoms with Crippen LogP contribution in [0.5, 0.6) is 11.5 Å². The van der Waals surface area contributed by atoms with Crippen LogP contribution in [0.4, 0.5) is 5.69 Å². The van der Waals surface area contributed by atoms with Crippen LogP contribution in [0.2, 0.25) is 0 Å². The van der Waals surface area contributed by atoms with Crippen LogP contribution >= 0.6 is 0 Å². The molecule has 29 heavy (non-hydrogen) atoms. The summed E-state index contributed by atoms with van der Waals surface area (Å²) >= 11 is 0. The summed E-state index contributed by atoms with van der Waals surface area (Å²) in [5.74, 6) is 1.52. The number of imidazole rings is 1. The minimum Gasteiger partial charge on any atom is -0.509 e. The number of nitrogens with one attached hydrogen (secondary N) is 2. The van der Waals surface area contributed by atoms with E-state index in [-0.39, 0.29) is 23.9 Å². The number of phenolic OH excluding ortho intramolecular Hbond substituents is 1. The zero-order chi connectivity index (χ0) is 20.1. The summed E-state index contributed by atoms with van der Waals surface area (Å²) in [6.07, 6.45) is 0. The number of hydrogen-bond acceptors (Lipinski definition) is 5. The van der Waals surface area contributed by atoms with Crippen molar-refractivity contribution in [2.45, 2.75) is 0 Å². The number of phenols is 1. The Kier molecular flexibility index (Phi) is 3.70. The highest BCUT2D eigenvalue weighted by molar-refractivity contribution is 6.31. The van der Waals surface area contributed by atoms with Crippen molar-refractivity contribution >= 4 is 38.9 Å². The molecular formula is C22H18N4O3. The van der Waals surface area contributed by atoms with Crippen molar-refractivity contribution in [3.05, 3.63) is 66.2 Å². The zero-order valence-corrected chi connectivity index (χ0v) is 15.6. The number of fused-ring (bicyclic) bond motifs is 2. The smallest absolute Gasteiger partial charge is 0.145 e. The van der Waals surface area contributed by atoms with Gasteiger partial charge in [-0.25, -0.2) is 4.98 Å². The predicted octanol–water partition coefficient (Wildman–Crippen LogP) is 4.20. The number of hydrogen-bond donors (Lipinski definition) is 4. The third kappa shape index (κ3) is 2.59. The molecule has 0 radical (unpaired) electrons. The first-order chi connectivity index (χ1) is 14.1. The number of aromatic amines is 1. The third-order valence-electron chi connectivity index (χ3n) is 5.20. The average molecular weight is 386 g/mol. The van der Waals surface area contributed by atoms with Gasteiger partial charge in [0.15, 0.2) is 0 Å². The Hall–Kier alpha value is -4.00. The SMILES string of the molecule is COc1ccc2nc(C3=C(O)CN(c4cccc5c(O)cccc45)C3=N)[nH]c2c1. The van der Waals surface area contributed by atoms with E-state index in [1.165, 1.54) is 0 Å². The van der Waals surface area contributed by atoms with Crippen molar-refractivity contribution in [1.29, 1.82) is 5.41 Å². The molecule has 0 saturated heterocycles. The van der Waals surface area contributed by atoms with Gasteiger partial charge in [0.05, 0.1) is 35.9 Å². The number of rotatable bonds is 3. The van der Waals surface area contributed by atoms with Gasteiger partial charge in [-0.3, -0.25) is 5.41 Å². The van der Waals surface area contributed by atoms with Crippen LogP contribution in [0.25, 0.3) is 27.4 Å². The number of H-pyrrole nitrogens is 1. The molecule has 5 rings (SSSR count). The molecule has 1 aliphatic rings. The lowest BCUT2D eigenvalue weighted by molar-refractivity contribution is 0.411. The topological polar surface area (TPSA) is 105 Å². The van der Waals surface area contributed by atoms with Crippen molar-refractivity contribution in [2.75, 3.05) is 18.6 Å². The highest BCUT2D eigenvalue weighted by atomic mass is 16.5. The molecule has 4 N–H and O–H groups in total. The third-order valence-corrected chi connectivity index (χ3v) is 5.20. The Morgan fingerprint density at radius 1 is 1.07 bits per heavy atom. The summed E-state index contributed by atoms with van der Waals surface area (Å²) in [6.45, 7) is 0.156. The monoisotopic (exact) mass is 386 g/mol. The first-order valence-corrected chi connectivity index (χ1v) is 9.10. The molecule has 0 unspecified atom stereocenters. The highest BCUT2D eigenvalue weighted by Gasteiger charge is 2.32. The number of anilines is 1. The van der Waals surface area contributed by atoms with Gasteiger partial charge in [-0.05, 0) is 24.3 Å². The number of aliphatic hydroxyl groups excluding tert-OH is 1. The summed E-state index contributed by atoms with van der Waals surface area (Å²) in [5, 5.41) is 31.0. The summed E-state index contributed by atoms with van der Waals surface area (Å²) < 4.78 is 5.24. The van der Waals surface area contributed by atoms with Gasteiger partial charge in [0, 0.05) is 16.8 Å². The van der Waals surface area contributed by atoms with Gasteiger partial charge in [-0.1, -0.05) is 24.3 Å². The first-order valence-electron chi connectivity index (χ1n) is 9.10. The Bertz CT molecular complexity index is 1320. The summed E-state index contributed by atoms with van der Waals surface area (Å²) in [6, 6.07) is 16.3. The maximum atomic E-state index is 10.7. The molecule has 2 heterocycles. The lowest BCUT2D eigenvalue weighted by atomic mass is 10.1. The molecule has 0 fully saturated rings. The number of aromatic nitrogens is 2. The van der Waals surface area contributed by atoms with Crippen LogP contribution < -0.4 is 9.64 Å². The number of benzene rings is 3. The number of aliphatic hydroxyl groups is 1. The summed E-state index contributed by atoms with van der Waals surface area (Å²) in [4.78, 5) is 9.42. The Labute approximate surface area is 166 Å². The summed E-state index contributed by atoms with van der Waals surface area (Å²) in [7, 11) is 1.60. The van der Waals surface area contributed by atoms with Gasteiger partial charge >= 0.3 is 0 Å². The lowest BCUT2D eigenvalue weighted by Crippen LogP contribution is -2.26. The standard InChI is InChI=1S/C22H18N4O3/c1-29-12-8-9-15-16(10-12)25-22(24-15)20-19(28)11-26(21(20)23)17-6-2-5-14-13(17)4-3-7-18(14)27/h2-10,23,27-28H,11H2,1H3,(H,24,25). The van der Waals surface area contributed by atoms with Crippen LogP contribution in [0.1, 0.15) is 5.82 Å². The van der Waals surface area contributed by atoms with Crippen LogP contribution in [0.15, 0.2) is 60.4 Å². The second kappa shape index (κ2) is 6.27. The molecule has 7 heteroatoms. The molecule has 7 nitrogen and oxygen atoms in total. The molecule has 1 aliphatic heterocycles. The maximum Gasteiger partial charge on any atom is 0.145 e. The van der Waals surface area contributed by atoms with E-state index in [9.17, 15) is 10.2 Å². The van der Waals surface area contributed by atoms with E-state index in [0.717, 1.165) is 22.1 Å². The zero-order valence-electron chi connectivity index (χ0n) is 15.6. The number of nitrogens with zero attached hydrogens (tertiary/aromatic N) is 2. The maximum absolute atomic E-state index is 10.7. The van der Waals surface area contributed by atoms with E-state index in [1.54, 1.807) is 24.1 Å². The fraction of sp³-hybridized carbons (Fsp3) is 0.0909. The van der Waals surface area contributed by atoms with Crippen LogP contribution in [0.3, 0.4) is 0 Å². The van der Waals surface area contributed by atoms with Gasteiger partial charge < -0.3 is 24.8 Å². The van der Waals surface area contributed by atoms with Crippen molar-refractivity contribution in [1.82, 2.24) is 9.97 Å². The Balaban J connectivity index is 1.58. The number of amidine groups is 1. The van der Waals surface area contributed by atoms with Crippen molar-refractivity contribution in [3.8, 4) is 11.5 Å². The van der Waals surface area contributed by atoms with Crippen molar-refractivity contribution in [2.24, 2.45) is 0 Å². The van der Waals surface area contributed by atoms with Crippen molar-refractivity contribution in [3.63, 3.8) is 0 Å². The Morgan fingerprint density at radius 3 is 2.69 bits per heavy atom. The molecule has 144 valence electrons. The normalized spacial score (nSPS) is 14.4. The van der Waals surface area contributed by atoms with Gasteiger partial charge in [0.2, 0.25) is 0 Å². The van der Waals surface area contributed by atoms with E-state index in [0.29, 0.717) is 22.5 Å². The predicted molar refractivity (Wildman–Crippen MR) is 113 cm³/mol. The van der Waals surface area contributed by atoms with Gasteiger partial charge in [0.1, 0.15) is 28.9 Å². The molecule has 0 saturated carbocycles. The fourth-order valence-corrected chi connectivity index (χ4v) is 3.78. The molecule has 1 aromatic heterocycles. The first kappa shape index (κ1) is 17.1. The van der Waals surface area contributed by atoms with Crippen LogP contribution in [-0.2, 0) is 0 Å². The minimum absolute atomic E-state index is 0.0678. The van der Waals surface area contributed by atoms with Crippen LogP contribution in [-0.4, -0.2) is 39.7 Å².